The average Bonchev–Trinajstić information content (AvgIpc) is 2.88. The Hall–Kier alpha value is -1.45. The maximum absolute atomic E-state index is 6.01. The van der Waals surface area contributed by atoms with Crippen molar-refractivity contribution < 1.29 is 0 Å². The number of anilines is 1. The number of hydrogen-bond acceptors (Lipinski definition) is 1. The number of benzene rings is 2. The van der Waals surface area contributed by atoms with Gasteiger partial charge in [-0.25, -0.2) is 0 Å². The number of hydrogen-bond donors (Lipinski definition) is 2. The molecular formula is C15H12BrClN2. The molecule has 1 heterocycles. The van der Waals surface area contributed by atoms with Crippen LogP contribution in [0.2, 0.25) is 5.02 Å². The molecule has 0 atom stereocenters. The van der Waals surface area contributed by atoms with Crippen LogP contribution in [0.1, 0.15) is 5.56 Å². The van der Waals surface area contributed by atoms with Gasteiger partial charge in [-0.05, 0) is 51.1 Å². The second-order valence-corrected chi connectivity index (χ2v) is 5.63. The fourth-order valence-electron chi connectivity index (χ4n) is 2.12. The summed E-state index contributed by atoms with van der Waals surface area (Å²) in [5, 5.41) is 5.35. The van der Waals surface area contributed by atoms with Crippen LogP contribution in [0.3, 0.4) is 0 Å². The molecule has 4 heteroatoms. The van der Waals surface area contributed by atoms with Gasteiger partial charge in [-0.3, -0.25) is 0 Å². The largest absolute Gasteiger partial charge is 0.380 e. The summed E-state index contributed by atoms with van der Waals surface area (Å²) in [7, 11) is 0. The molecule has 3 rings (SSSR count). The maximum Gasteiger partial charge on any atom is 0.0504 e. The van der Waals surface area contributed by atoms with Gasteiger partial charge in [0.1, 0.15) is 0 Å². The Labute approximate surface area is 124 Å². The van der Waals surface area contributed by atoms with E-state index in [4.69, 9.17) is 11.6 Å². The number of nitrogens with one attached hydrogen (secondary N) is 2. The van der Waals surface area contributed by atoms with Crippen molar-refractivity contribution in [2.45, 2.75) is 6.54 Å². The number of halogens is 2. The van der Waals surface area contributed by atoms with Crippen molar-refractivity contribution in [1.29, 1.82) is 0 Å². The molecule has 0 aliphatic rings. The molecule has 2 aromatic carbocycles. The highest BCUT2D eigenvalue weighted by Gasteiger charge is 2.04. The first-order valence-electron chi connectivity index (χ1n) is 5.98. The van der Waals surface area contributed by atoms with Crippen molar-refractivity contribution in [3.05, 3.63) is 63.7 Å². The second kappa shape index (κ2) is 5.27. The third-order valence-electron chi connectivity index (χ3n) is 3.07. The van der Waals surface area contributed by atoms with Gasteiger partial charge in [-0.2, -0.15) is 0 Å². The Bertz CT molecular complexity index is 721. The van der Waals surface area contributed by atoms with Gasteiger partial charge in [0.2, 0.25) is 0 Å². The van der Waals surface area contributed by atoms with Gasteiger partial charge < -0.3 is 10.3 Å². The number of para-hydroxylation sites is 1. The minimum absolute atomic E-state index is 0.726. The van der Waals surface area contributed by atoms with Gasteiger partial charge in [-0.15, -0.1) is 0 Å². The first-order chi connectivity index (χ1) is 9.24. The van der Waals surface area contributed by atoms with Crippen molar-refractivity contribution >= 4 is 44.1 Å². The number of rotatable bonds is 3. The fraction of sp³-hybridized carbons (Fsp3) is 0.0667. The van der Waals surface area contributed by atoms with Gasteiger partial charge in [0.05, 0.1) is 11.2 Å². The number of aromatic nitrogens is 1. The summed E-state index contributed by atoms with van der Waals surface area (Å²) in [6, 6.07) is 14.1. The lowest BCUT2D eigenvalue weighted by Gasteiger charge is -2.10. The zero-order valence-corrected chi connectivity index (χ0v) is 12.4. The van der Waals surface area contributed by atoms with Crippen molar-refractivity contribution in [1.82, 2.24) is 4.98 Å². The summed E-state index contributed by atoms with van der Waals surface area (Å²) in [6.07, 6.45) is 1.96. The Balaban J connectivity index is 1.86. The fourth-order valence-corrected chi connectivity index (χ4v) is 2.68. The lowest BCUT2D eigenvalue weighted by atomic mass is 10.1. The predicted octanol–water partition coefficient (Wildman–Crippen LogP) is 5.20. The molecule has 0 aliphatic carbocycles. The van der Waals surface area contributed by atoms with Crippen LogP contribution in [0.25, 0.3) is 10.9 Å². The van der Waals surface area contributed by atoms with Crippen LogP contribution in [0, 0.1) is 0 Å². The lowest BCUT2D eigenvalue weighted by Crippen LogP contribution is -2.00. The second-order valence-electron chi connectivity index (χ2n) is 4.34. The quantitative estimate of drug-likeness (QED) is 0.677. The Morgan fingerprint density at radius 3 is 2.95 bits per heavy atom. The average molecular weight is 336 g/mol. The molecule has 0 fully saturated rings. The molecular weight excluding hydrogens is 324 g/mol. The van der Waals surface area contributed by atoms with Crippen LogP contribution in [0.15, 0.2) is 53.1 Å². The standard InChI is InChI=1S/C15H12BrClN2/c16-13-5-4-12(17)8-14(13)19-9-11-3-1-2-10-6-7-18-15(10)11/h1-8,18-19H,9H2. The zero-order chi connectivity index (χ0) is 13.2. The minimum Gasteiger partial charge on any atom is -0.380 e. The normalized spacial score (nSPS) is 10.8. The van der Waals surface area contributed by atoms with Gasteiger partial charge >= 0.3 is 0 Å². The summed E-state index contributed by atoms with van der Waals surface area (Å²) in [5.41, 5.74) is 3.40. The smallest absolute Gasteiger partial charge is 0.0504 e. The molecule has 3 aromatic rings. The van der Waals surface area contributed by atoms with Crippen LogP contribution in [-0.4, -0.2) is 4.98 Å². The number of aromatic amines is 1. The maximum atomic E-state index is 6.01. The van der Waals surface area contributed by atoms with E-state index in [1.165, 1.54) is 16.5 Å². The summed E-state index contributed by atoms with van der Waals surface area (Å²) in [4.78, 5) is 3.27. The highest BCUT2D eigenvalue weighted by Crippen LogP contribution is 2.27. The van der Waals surface area contributed by atoms with Crippen LogP contribution >= 0.6 is 27.5 Å². The molecule has 96 valence electrons. The summed E-state index contributed by atoms with van der Waals surface area (Å²) < 4.78 is 1.01. The predicted molar refractivity (Wildman–Crippen MR) is 84.8 cm³/mol. The van der Waals surface area contributed by atoms with E-state index < -0.39 is 0 Å². The molecule has 0 bridgehead atoms. The van der Waals surface area contributed by atoms with Crippen LogP contribution in [0.5, 0.6) is 0 Å². The minimum atomic E-state index is 0.726. The number of fused-ring (bicyclic) bond motifs is 1. The molecule has 1 aromatic heterocycles. The van der Waals surface area contributed by atoms with E-state index in [1.807, 2.05) is 24.4 Å². The van der Waals surface area contributed by atoms with E-state index in [-0.39, 0.29) is 0 Å². The molecule has 0 aliphatic heterocycles. The number of H-pyrrole nitrogens is 1. The molecule has 2 nitrogen and oxygen atoms in total. The van der Waals surface area contributed by atoms with Crippen LogP contribution < -0.4 is 5.32 Å². The Kier molecular flexibility index (Phi) is 3.49. The van der Waals surface area contributed by atoms with E-state index >= 15 is 0 Å². The van der Waals surface area contributed by atoms with Gasteiger partial charge in [0.25, 0.3) is 0 Å². The molecule has 0 amide bonds. The Morgan fingerprint density at radius 1 is 1.16 bits per heavy atom. The zero-order valence-electron chi connectivity index (χ0n) is 10.1. The summed E-state index contributed by atoms with van der Waals surface area (Å²) >= 11 is 9.53. The first-order valence-corrected chi connectivity index (χ1v) is 7.15. The monoisotopic (exact) mass is 334 g/mol. The van der Waals surface area contributed by atoms with Gasteiger partial charge in [0, 0.05) is 22.2 Å². The van der Waals surface area contributed by atoms with Crippen molar-refractivity contribution in [3.63, 3.8) is 0 Å². The molecule has 0 radical (unpaired) electrons. The molecule has 0 unspecified atom stereocenters. The van der Waals surface area contributed by atoms with Gasteiger partial charge in [-0.1, -0.05) is 29.8 Å². The summed E-state index contributed by atoms with van der Waals surface area (Å²) in [5.74, 6) is 0. The van der Waals surface area contributed by atoms with Gasteiger partial charge in [0.15, 0.2) is 0 Å². The topological polar surface area (TPSA) is 27.8 Å². The van der Waals surface area contributed by atoms with Crippen LogP contribution in [-0.2, 0) is 6.54 Å². The van der Waals surface area contributed by atoms with E-state index in [0.717, 1.165) is 21.7 Å². The highest BCUT2D eigenvalue weighted by atomic mass is 79.9. The molecule has 0 saturated carbocycles. The van der Waals surface area contributed by atoms with E-state index in [9.17, 15) is 0 Å². The van der Waals surface area contributed by atoms with E-state index in [2.05, 4.69) is 50.5 Å². The third kappa shape index (κ3) is 2.62. The van der Waals surface area contributed by atoms with Crippen molar-refractivity contribution in [2.24, 2.45) is 0 Å². The van der Waals surface area contributed by atoms with E-state index in [0.29, 0.717) is 0 Å². The molecule has 0 spiro atoms. The third-order valence-corrected chi connectivity index (χ3v) is 4.00. The Morgan fingerprint density at radius 2 is 2.05 bits per heavy atom. The van der Waals surface area contributed by atoms with Crippen molar-refractivity contribution in [3.8, 4) is 0 Å². The van der Waals surface area contributed by atoms with Crippen molar-refractivity contribution in [2.75, 3.05) is 5.32 Å². The van der Waals surface area contributed by atoms with E-state index in [1.54, 1.807) is 0 Å². The van der Waals surface area contributed by atoms with Crippen LogP contribution in [0.4, 0.5) is 5.69 Å². The summed E-state index contributed by atoms with van der Waals surface area (Å²) in [6.45, 7) is 0.747. The molecule has 0 saturated heterocycles. The highest BCUT2D eigenvalue weighted by molar-refractivity contribution is 9.10. The molecule has 2 N–H and O–H groups in total. The first kappa shape index (κ1) is 12.6. The molecule has 19 heavy (non-hydrogen) atoms. The lowest BCUT2D eigenvalue weighted by molar-refractivity contribution is 1.15. The SMILES string of the molecule is Clc1ccc(Br)c(NCc2cccc3cc[nH]c23)c1.